The van der Waals surface area contributed by atoms with Crippen molar-refractivity contribution in [3.63, 3.8) is 0 Å². The van der Waals surface area contributed by atoms with Crippen LogP contribution in [0.25, 0.3) is 0 Å². The number of rotatable bonds is 5. The third kappa shape index (κ3) is 4.54. The van der Waals surface area contributed by atoms with Crippen LogP contribution in [0.2, 0.25) is 0 Å². The first-order chi connectivity index (χ1) is 11.4. The Bertz CT molecular complexity index is 590. The van der Waals surface area contributed by atoms with Crippen molar-refractivity contribution in [2.45, 2.75) is 46.1 Å². The number of hydrogen-bond acceptors (Lipinski definition) is 4. The highest BCUT2D eigenvalue weighted by Crippen LogP contribution is 2.20. The van der Waals surface area contributed by atoms with Crippen LogP contribution in [-0.2, 0) is 9.59 Å². The highest BCUT2D eigenvalue weighted by molar-refractivity contribution is 5.92. The number of aryl methyl sites for hydroxylation is 1. The van der Waals surface area contributed by atoms with Gasteiger partial charge in [0.2, 0.25) is 11.8 Å². The molecule has 6 heteroatoms. The maximum Gasteiger partial charge on any atom is 0.239 e. The first-order valence-electron chi connectivity index (χ1n) is 8.71. The molecule has 24 heavy (non-hydrogen) atoms. The summed E-state index contributed by atoms with van der Waals surface area (Å²) in [5.41, 5.74) is 6.92. The van der Waals surface area contributed by atoms with E-state index >= 15 is 0 Å². The van der Waals surface area contributed by atoms with Crippen LogP contribution in [0.15, 0.2) is 18.2 Å². The van der Waals surface area contributed by atoms with Crippen LogP contribution >= 0.6 is 0 Å². The second kappa shape index (κ2) is 8.24. The summed E-state index contributed by atoms with van der Waals surface area (Å²) in [7, 11) is 0. The average molecular weight is 332 g/mol. The van der Waals surface area contributed by atoms with Gasteiger partial charge in [-0.3, -0.25) is 9.59 Å². The van der Waals surface area contributed by atoms with Gasteiger partial charge in [-0.1, -0.05) is 26.3 Å². The summed E-state index contributed by atoms with van der Waals surface area (Å²) in [6, 6.07) is 5.03. The third-order valence-electron chi connectivity index (χ3n) is 4.79. The van der Waals surface area contributed by atoms with Gasteiger partial charge in [-0.25, -0.2) is 4.98 Å². The number of likely N-dealkylation sites (tertiary alicyclic amines) is 1. The number of aromatic nitrogens is 1. The molecule has 1 aromatic rings. The molecule has 0 aliphatic carbocycles. The van der Waals surface area contributed by atoms with Crippen molar-refractivity contribution in [2.24, 2.45) is 17.6 Å². The Balaban J connectivity index is 1.97. The molecule has 3 unspecified atom stereocenters. The maximum atomic E-state index is 12.5. The predicted octanol–water partition coefficient (Wildman–Crippen LogP) is 1.94. The molecule has 6 nitrogen and oxygen atoms in total. The van der Waals surface area contributed by atoms with Crippen LogP contribution in [0.5, 0.6) is 0 Å². The quantitative estimate of drug-likeness (QED) is 0.862. The molecule has 132 valence electrons. The van der Waals surface area contributed by atoms with Crippen molar-refractivity contribution >= 4 is 17.6 Å². The number of hydrogen-bond donors (Lipinski definition) is 2. The van der Waals surface area contributed by atoms with Gasteiger partial charge in [-0.05, 0) is 37.8 Å². The van der Waals surface area contributed by atoms with E-state index in [0.717, 1.165) is 25.0 Å². The van der Waals surface area contributed by atoms with E-state index in [-0.39, 0.29) is 23.7 Å². The van der Waals surface area contributed by atoms with E-state index < -0.39 is 6.04 Å². The molecule has 1 saturated heterocycles. The fourth-order valence-electron chi connectivity index (χ4n) is 2.94. The monoisotopic (exact) mass is 332 g/mol. The summed E-state index contributed by atoms with van der Waals surface area (Å²) in [5.74, 6) is 0.357. The molecule has 2 amide bonds. The van der Waals surface area contributed by atoms with E-state index in [1.165, 1.54) is 0 Å². The van der Waals surface area contributed by atoms with Crippen LogP contribution in [-0.4, -0.2) is 40.8 Å². The molecule has 0 bridgehead atoms. The van der Waals surface area contributed by atoms with Crippen molar-refractivity contribution in [3.8, 4) is 0 Å². The maximum absolute atomic E-state index is 12.5. The highest BCUT2D eigenvalue weighted by Gasteiger charge is 2.32. The SMILES string of the molecule is CCC(C)C(N)C(=O)N1CCCC(C(=O)Nc2cccc(C)n2)C1. The molecule has 1 fully saturated rings. The number of nitrogens with two attached hydrogens (primary N) is 1. The predicted molar refractivity (Wildman–Crippen MR) is 94.3 cm³/mol. The number of carbonyl (C=O) groups is 2. The number of piperidine rings is 1. The smallest absolute Gasteiger partial charge is 0.239 e. The van der Waals surface area contributed by atoms with E-state index in [1.807, 2.05) is 32.9 Å². The molecule has 2 rings (SSSR count). The normalized spacial score (nSPS) is 20.3. The van der Waals surface area contributed by atoms with Crippen molar-refractivity contribution in [1.29, 1.82) is 0 Å². The van der Waals surface area contributed by atoms with Crippen LogP contribution in [0.3, 0.4) is 0 Å². The number of nitrogens with one attached hydrogen (secondary N) is 1. The second-order valence-corrected chi connectivity index (χ2v) is 6.69. The van der Waals surface area contributed by atoms with Gasteiger partial charge in [0.1, 0.15) is 5.82 Å². The van der Waals surface area contributed by atoms with Crippen LogP contribution < -0.4 is 11.1 Å². The molecule has 1 aromatic heterocycles. The molecule has 3 N–H and O–H groups in total. The summed E-state index contributed by atoms with van der Waals surface area (Å²) in [6.45, 7) is 7.00. The molecule has 0 aromatic carbocycles. The first-order valence-corrected chi connectivity index (χ1v) is 8.71. The third-order valence-corrected chi connectivity index (χ3v) is 4.79. The van der Waals surface area contributed by atoms with Crippen LogP contribution in [0.4, 0.5) is 5.82 Å². The lowest BCUT2D eigenvalue weighted by Crippen LogP contribution is -2.51. The zero-order valence-electron chi connectivity index (χ0n) is 14.8. The summed E-state index contributed by atoms with van der Waals surface area (Å²) in [4.78, 5) is 31.0. The molecular formula is C18H28N4O2. The number of pyridine rings is 1. The van der Waals surface area contributed by atoms with Crippen molar-refractivity contribution < 1.29 is 9.59 Å². The van der Waals surface area contributed by atoms with E-state index in [1.54, 1.807) is 11.0 Å². The minimum absolute atomic E-state index is 0.0458. The molecule has 0 saturated carbocycles. The van der Waals surface area contributed by atoms with E-state index in [4.69, 9.17) is 5.73 Å². The van der Waals surface area contributed by atoms with Crippen molar-refractivity contribution in [2.75, 3.05) is 18.4 Å². The van der Waals surface area contributed by atoms with Crippen LogP contribution in [0, 0.1) is 18.8 Å². The lowest BCUT2D eigenvalue weighted by Gasteiger charge is -2.34. The molecular weight excluding hydrogens is 304 g/mol. The van der Waals surface area contributed by atoms with Crippen LogP contribution in [0.1, 0.15) is 38.8 Å². The second-order valence-electron chi connectivity index (χ2n) is 6.69. The van der Waals surface area contributed by atoms with Gasteiger partial charge in [0.25, 0.3) is 0 Å². The number of nitrogens with zero attached hydrogens (tertiary/aromatic N) is 2. The zero-order chi connectivity index (χ0) is 17.7. The van der Waals surface area contributed by atoms with Gasteiger partial charge in [0, 0.05) is 18.8 Å². The first kappa shape index (κ1) is 18.4. The van der Waals surface area contributed by atoms with E-state index in [9.17, 15) is 9.59 Å². The fraction of sp³-hybridized carbons (Fsp3) is 0.611. The van der Waals surface area contributed by atoms with Crippen molar-refractivity contribution in [3.05, 3.63) is 23.9 Å². The van der Waals surface area contributed by atoms with Crippen molar-refractivity contribution in [1.82, 2.24) is 9.88 Å². The fourth-order valence-corrected chi connectivity index (χ4v) is 2.94. The Morgan fingerprint density at radius 2 is 2.21 bits per heavy atom. The molecule has 3 atom stereocenters. The Hall–Kier alpha value is -1.95. The molecule has 2 heterocycles. The minimum atomic E-state index is -0.491. The Labute approximate surface area is 143 Å². The molecule has 0 radical (unpaired) electrons. The highest BCUT2D eigenvalue weighted by atomic mass is 16.2. The summed E-state index contributed by atoms with van der Waals surface area (Å²) in [5, 5.41) is 2.86. The topological polar surface area (TPSA) is 88.3 Å². The number of anilines is 1. The van der Waals surface area contributed by atoms with Gasteiger partial charge in [0.05, 0.1) is 12.0 Å². The van der Waals surface area contributed by atoms with E-state index in [0.29, 0.717) is 18.9 Å². The van der Waals surface area contributed by atoms with Gasteiger partial charge >= 0.3 is 0 Å². The number of amides is 2. The number of carbonyl (C=O) groups excluding carboxylic acids is 2. The summed E-state index contributed by atoms with van der Waals surface area (Å²) < 4.78 is 0. The Morgan fingerprint density at radius 1 is 1.46 bits per heavy atom. The van der Waals surface area contributed by atoms with Gasteiger partial charge < -0.3 is 16.0 Å². The molecule has 1 aliphatic heterocycles. The van der Waals surface area contributed by atoms with Gasteiger partial charge in [-0.15, -0.1) is 0 Å². The lowest BCUT2D eigenvalue weighted by atomic mass is 9.94. The Kier molecular flexibility index (Phi) is 6.31. The molecule has 0 spiro atoms. The largest absolute Gasteiger partial charge is 0.341 e. The zero-order valence-corrected chi connectivity index (χ0v) is 14.8. The molecule has 1 aliphatic rings. The Morgan fingerprint density at radius 3 is 2.88 bits per heavy atom. The standard InChI is InChI=1S/C18H28N4O2/c1-4-12(2)16(19)18(24)22-10-6-8-14(11-22)17(23)21-15-9-5-7-13(3)20-15/h5,7,9,12,14,16H,4,6,8,10-11,19H2,1-3H3,(H,20,21,23). The van der Waals surface area contributed by atoms with Gasteiger partial charge in [-0.2, -0.15) is 0 Å². The van der Waals surface area contributed by atoms with Gasteiger partial charge in [0.15, 0.2) is 0 Å². The summed E-state index contributed by atoms with van der Waals surface area (Å²) in [6.07, 6.45) is 2.46. The minimum Gasteiger partial charge on any atom is -0.341 e. The van der Waals surface area contributed by atoms with E-state index in [2.05, 4.69) is 10.3 Å². The lowest BCUT2D eigenvalue weighted by molar-refractivity contribution is -0.136. The summed E-state index contributed by atoms with van der Waals surface area (Å²) >= 11 is 0. The average Bonchev–Trinajstić information content (AvgIpc) is 2.59.